The third-order valence-electron chi connectivity index (χ3n) is 7.55. The van der Waals surface area contributed by atoms with Gasteiger partial charge in [0.15, 0.2) is 0 Å². The van der Waals surface area contributed by atoms with Crippen LogP contribution in [0.25, 0.3) is 0 Å². The van der Waals surface area contributed by atoms with Crippen molar-refractivity contribution in [2.75, 3.05) is 33.3 Å². The largest absolute Gasteiger partial charge is 0.497 e. The molecule has 3 heterocycles. The van der Waals surface area contributed by atoms with E-state index in [9.17, 15) is 9.59 Å². The second-order valence-electron chi connectivity index (χ2n) is 9.62. The minimum Gasteiger partial charge on any atom is -0.497 e. The number of amides is 2. The molecular formula is C24H31N5O3. The van der Waals surface area contributed by atoms with E-state index in [1.165, 1.54) is 0 Å². The van der Waals surface area contributed by atoms with Gasteiger partial charge in [-0.1, -0.05) is 12.1 Å². The van der Waals surface area contributed by atoms with Crippen molar-refractivity contribution < 1.29 is 14.3 Å². The van der Waals surface area contributed by atoms with Crippen LogP contribution in [-0.2, 0) is 23.1 Å². The predicted molar refractivity (Wildman–Crippen MR) is 118 cm³/mol. The van der Waals surface area contributed by atoms with Crippen LogP contribution in [0.15, 0.2) is 30.6 Å². The van der Waals surface area contributed by atoms with Crippen LogP contribution in [0.5, 0.6) is 5.75 Å². The molecule has 1 aromatic heterocycles. The molecule has 32 heavy (non-hydrogen) atoms. The highest BCUT2D eigenvalue weighted by Gasteiger charge is 2.53. The number of methoxy groups -OCH3 is 1. The first-order valence-corrected chi connectivity index (χ1v) is 11.5. The van der Waals surface area contributed by atoms with Crippen LogP contribution in [0.1, 0.15) is 43.0 Å². The van der Waals surface area contributed by atoms with Crippen molar-refractivity contribution in [3.63, 3.8) is 0 Å². The van der Waals surface area contributed by atoms with E-state index < -0.39 is 0 Å². The zero-order chi connectivity index (χ0) is 22.3. The molecule has 2 aliphatic heterocycles. The summed E-state index contributed by atoms with van der Waals surface area (Å²) in [6.45, 7) is 2.89. The molecule has 2 amide bonds. The van der Waals surface area contributed by atoms with Gasteiger partial charge in [0, 0.05) is 50.5 Å². The van der Waals surface area contributed by atoms with Crippen molar-refractivity contribution in [2.45, 2.75) is 38.0 Å². The van der Waals surface area contributed by atoms with Gasteiger partial charge < -0.3 is 19.1 Å². The number of ether oxygens (including phenoxy) is 1. The van der Waals surface area contributed by atoms with Crippen LogP contribution in [0, 0.1) is 11.3 Å². The van der Waals surface area contributed by atoms with Crippen LogP contribution < -0.4 is 4.74 Å². The molecule has 8 nitrogen and oxygen atoms in total. The van der Waals surface area contributed by atoms with Crippen molar-refractivity contribution in [1.82, 2.24) is 24.6 Å². The Bertz CT molecular complexity index is 1010. The fourth-order valence-corrected chi connectivity index (χ4v) is 5.47. The molecule has 0 radical (unpaired) electrons. The van der Waals surface area contributed by atoms with Crippen LogP contribution in [0.3, 0.4) is 0 Å². The molecule has 3 fully saturated rings. The van der Waals surface area contributed by atoms with E-state index in [-0.39, 0.29) is 23.2 Å². The summed E-state index contributed by atoms with van der Waals surface area (Å²) in [5, 5.41) is 8.51. The lowest BCUT2D eigenvalue weighted by Crippen LogP contribution is -2.47. The van der Waals surface area contributed by atoms with Crippen LogP contribution in [0.2, 0.25) is 0 Å². The van der Waals surface area contributed by atoms with Gasteiger partial charge >= 0.3 is 0 Å². The average molecular weight is 438 g/mol. The maximum atomic E-state index is 13.0. The Kier molecular flexibility index (Phi) is 5.39. The number of aromatic nitrogens is 3. The standard InChI is InChI=1S/C24H31N5O3/c1-27-16-25-26-22(27)20-14-29(23(31)18-6-7-18)15-24(20)8-10-28(11-9-24)21(30)13-17-4-3-5-19(12-17)32-2/h3-5,12,16,18,20H,6-11,13-15H2,1-2H3. The third kappa shape index (κ3) is 3.87. The highest BCUT2D eigenvalue weighted by Crippen LogP contribution is 2.50. The van der Waals surface area contributed by atoms with Gasteiger partial charge in [-0.05, 0) is 43.4 Å². The lowest BCUT2D eigenvalue weighted by molar-refractivity contribution is -0.134. The maximum Gasteiger partial charge on any atom is 0.226 e. The second kappa shape index (κ2) is 8.22. The van der Waals surface area contributed by atoms with E-state index in [1.54, 1.807) is 13.4 Å². The number of piperidine rings is 1. The van der Waals surface area contributed by atoms with Gasteiger partial charge in [-0.3, -0.25) is 9.59 Å². The molecule has 1 aromatic carbocycles. The Hall–Kier alpha value is -2.90. The number of likely N-dealkylation sites (tertiary alicyclic amines) is 2. The number of benzene rings is 1. The normalized spacial score (nSPS) is 22.4. The Balaban J connectivity index is 1.29. The number of hydrogen-bond acceptors (Lipinski definition) is 5. The lowest BCUT2D eigenvalue weighted by atomic mass is 9.70. The molecule has 1 spiro atoms. The maximum absolute atomic E-state index is 13.0. The number of aryl methyl sites for hydroxylation is 1. The molecule has 0 N–H and O–H groups in total. The van der Waals surface area contributed by atoms with Crippen molar-refractivity contribution >= 4 is 11.8 Å². The van der Waals surface area contributed by atoms with E-state index in [0.29, 0.717) is 32.0 Å². The first-order valence-electron chi connectivity index (χ1n) is 11.5. The van der Waals surface area contributed by atoms with Gasteiger partial charge in [0.2, 0.25) is 11.8 Å². The minimum absolute atomic E-state index is 0.0436. The van der Waals surface area contributed by atoms with Crippen molar-refractivity contribution in [3.05, 3.63) is 42.0 Å². The molecule has 1 saturated carbocycles. The first kappa shape index (κ1) is 21.0. The third-order valence-corrected chi connectivity index (χ3v) is 7.55. The van der Waals surface area contributed by atoms with Crippen molar-refractivity contribution in [2.24, 2.45) is 18.4 Å². The number of carbonyl (C=O) groups excluding carboxylic acids is 2. The van der Waals surface area contributed by atoms with E-state index >= 15 is 0 Å². The summed E-state index contributed by atoms with van der Waals surface area (Å²) in [7, 11) is 3.61. The Morgan fingerprint density at radius 3 is 2.62 bits per heavy atom. The highest BCUT2D eigenvalue weighted by molar-refractivity contribution is 5.81. The Morgan fingerprint density at radius 1 is 1.19 bits per heavy atom. The van der Waals surface area contributed by atoms with E-state index in [4.69, 9.17) is 4.74 Å². The molecular weight excluding hydrogens is 406 g/mol. The number of rotatable bonds is 5. The van der Waals surface area contributed by atoms with Crippen LogP contribution in [-0.4, -0.2) is 69.7 Å². The predicted octanol–water partition coefficient (Wildman–Crippen LogP) is 2.01. The summed E-state index contributed by atoms with van der Waals surface area (Å²) >= 11 is 0. The van der Waals surface area contributed by atoms with Gasteiger partial charge in [-0.15, -0.1) is 10.2 Å². The van der Waals surface area contributed by atoms with Crippen molar-refractivity contribution in [1.29, 1.82) is 0 Å². The average Bonchev–Trinajstić information content (AvgIpc) is 3.48. The van der Waals surface area contributed by atoms with Crippen molar-refractivity contribution in [3.8, 4) is 5.75 Å². The molecule has 1 atom stereocenters. The second-order valence-corrected chi connectivity index (χ2v) is 9.62. The number of carbonyl (C=O) groups is 2. The molecule has 8 heteroatoms. The van der Waals surface area contributed by atoms with E-state index in [1.807, 2.05) is 40.8 Å². The SMILES string of the molecule is COc1cccc(CC(=O)N2CCC3(CC2)CN(C(=O)C2CC2)CC3c2nncn2C)c1. The fraction of sp³-hybridized carbons (Fsp3) is 0.583. The van der Waals surface area contributed by atoms with Gasteiger partial charge in [0.05, 0.1) is 13.5 Å². The fourth-order valence-electron chi connectivity index (χ4n) is 5.47. The summed E-state index contributed by atoms with van der Waals surface area (Å²) in [6.07, 6.45) is 5.91. The van der Waals surface area contributed by atoms with Crippen LogP contribution in [0.4, 0.5) is 0 Å². The van der Waals surface area contributed by atoms with Gasteiger partial charge in [-0.2, -0.15) is 0 Å². The Morgan fingerprint density at radius 2 is 1.97 bits per heavy atom. The topological polar surface area (TPSA) is 80.6 Å². The van der Waals surface area contributed by atoms with Gasteiger partial charge in [0.25, 0.3) is 0 Å². The van der Waals surface area contributed by atoms with Gasteiger partial charge in [-0.25, -0.2) is 0 Å². The molecule has 3 aliphatic rings. The molecule has 1 unspecified atom stereocenters. The lowest BCUT2D eigenvalue weighted by Gasteiger charge is -2.42. The summed E-state index contributed by atoms with van der Waals surface area (Å²) in [4.78, 5) is 29.9. The summed E-state index contributed by atoms with van der Waals surface area (Å²) in [6, 6.07) is 7.70. The Labute approximate surface area is 188 Å². The monoisotopic (exact) mass is 437 g/mol. The molecule has 5 rings (SSSR count). The molecule has 170 valence electrons. The molecule has 2 aromatic rings. The summed E-state index contributed by atoms with van der Waals surface area (Å²) in [5.41, 5.74) is 0.923. The first-order chi connectivity index (χ1) is 15.5. The summed E-state index contributed by atoms with van der Waals surface area (Å²) in [5.74, 6) is 2.54. The quantitative estimate of drug-likeness (QED) is 0.715. The smallest absolute Gasteiger partial charge is 0.226 e. The summed E-state index contributed by atoms with van der Waals surface area (Å²) < 4.78 is 7.27. The molecule has 2 saturated heterocycles. The minimum atomic E-state index is -0.0436. The zero-order valence-electron chi connectivity index (χ0n) is 18.9. The number of hydrogen-bond donors (Lipinski definition) is 0. The molecule has 0 bridgehead atoms. The highest BCUT2D eigenvalue weighted by atomic mass is 16.5. The van der Waals surface area contributed by atoms with E-state index in [0.717, 1.165) is 49.4 Å². The zero-order valence-corrected chi connectivity index (χ0v) is 18.9. The van der Waals surface area contributed by atoms with Gasteiger partial charge in [0.1, 0.15) is 17.9 Å². The number of nitrogens with zero attached hydrogens (tertiary/aromatic N) is 5. The van der Waals surface area contributed by atoms with Crippen LogP contribution >= 0.6 is 0 Å². The van der Waals surface area contributed by atoms with E-state index in [2.05, 4.69) is 15.1 Å². The molecule has 1 aliphatic carbocycles.